The minimum absolute atomic E-state index is 0.179. The molecular weight excluding hydrogens is 478 g/mol. The highest BCUT2D eigenvalue weighted by molar-refractivity contribution is 6.10. The Morgan fingerprint density at radius 2 is 1.71 bits per heavy atom. The highest BCUT2D eigenvalue weighted by Gasteiger charge is 2.24. The number of fused-ring (bicyclic) bond motifs is 2. The summed E-state index contributed by atoms with van der Waals surface area (Å²) in [6.07, 6.45) is 2.35. The second-order valence-electron chi connectivity index (χ2n) is 9.04. The zero-order valence-electron chi connectivity index (χ0n) is 21.5. The smallest absolute Gasteiger partial charge is 0.257 e. The third-order valence-electron chi connectivity index (χ3n) is 6.29. The fourth-order valence-corrected chi connectivity index (χ4v) is 4.17. The Morgan fingerprint density at radius 1 is 1.03 bits per heavy atom. The number of benzene rings is 3. The van der Waals surface area contributed by atoms with Crippen molar-refractivity contribution in [2.24, 2.45) is 5.10 Å². The van der Waals surface area contributed by atoms with Gasteiger partial charge in [-0.25, -0.2) is 9.97 Å². The molecular formula is C29H29N7O2. The second-order valence-corrected chi connectivity index (χ2v) is 9.04. The number of rotatable bonds is 8. The van der Waals surface area contributed by atoms with Crippen molar-refractivity contribution >= 4 is 45.8 Å². The summed E-state index contributed by atoms with van der Waals surface area (Å²) in [5.41, 5.74) is 12.0. The van der Waals surface area contributed by atoms with Gasteiger partial charge in [-0.2, -0.15) is 9.78 Å². The van der Waals surface area contributed by atoms with E-state index in [2.05, 4.69) is 10.4 Å². The number of ether oxygens (including phenoxy) is 1. The van der Waals surface area contributed by atoms with Gasteiger partial charge in [0.05, 0.1) is 24.4 Å². The number of nitrogens with zero attached hydrogens (tertiary/aromatic N) is 5. The molecule has 9 nitrogen and oxygen atoms in total. The zero-order chi connectivity index (χ0) is 26.6. The van der Waals surface area contributed by atoms with E-state index in [1.165, 1.54) is 4.68 Å². The second kappa shape index (κ2) is 10.6. The number of carbonyl (C=O) groups is 1. The van der Waals surface area contributed by atoms with E-state index in [4.69, 9.17) is 20.4 Å². The Hall–Kier alpha value is -4.92. The van der Waals surface area contributed by atoms with E-state index in [1.54, 1.807) is 13.3 Å². The van der Waals surface area contributed by atoms with Crippen LogP contribution >= 0.6 is 0 Å². The predicted molar refractivity (Wildman–Crippen MR) is 152 cm³/mol. The Morgan fingerprint density at radius 3 is 2.37 bits per heavy atom. The van der Waals surface area contributed by atoms with Gasteiger partial charge in [0.15, 0.2) is 5.65 Å². The van der Waals surface area contributed by atoms with Gasteiger partial charge in [-0.1, -0.05) is 36.4 Å². The molecule has 0 spiro atoms. The molecule has 0 fully saturated rings. The molecule has 3 N–H and O–H groups in total. The molecule has 2 heterocycles. The quantitative estimate of drug-likeness (QED) is 0.306. The average molecular weight is 508 g/mol. The van der Waals surface area contributed by atoms with E-state index in [9.17, 15) is 4.79 Å². The standard InChI is InChI=1S/C29H29N7O2/c1-35(2)21-12-8-20(9-13-21)18-32-36-27(30)25(26-28(36)34-24-7-5-4-6-23(24)33-26)29(37)31-17-16-19-10-14-22(38-3)15-11-19/h4-15,18H,16-17,30H2,1-3H3,(H,31,37)/b32-18-. The predicted octanol–water partition coefficient (Wildman–Crippen LogP) is 4.10. The summed E-state index contributed by atoms with van der Waals surface area (Å²) in [5, 5.41) is 7.56. The number of anilines is 2. The molecule has 0 aliphatic rings. The van der Waals surface area contributed by atoms with Crippen LogP contribution in [0, 0.1) is 0 Å². The maximum Gasteiger partial charge on any atom is 0.257 e. The molecule has 38 heavy (non-hydrogen) atoms. The lowest BCUT2D eigenvalue weighted by atomic mass is 10.1. The van der Waals surface area contributed by atoms with E-state index < -0.39 is 0 Å². The summed E-state index contributed by atoms with van der Waals surface area (Å²) >= 11 is 0. The topological polar surface area (TPSA) is 111 Å². The van der Waals surface area contributed by atoms with Gasteiger partial charge in [0.1, 0.15) is 22.6 Å². The van der Waals surface area contributed by atoms with Gasteiger partial charge < -0.3 is 20.7 Å². The van der Waals surface area contributed by atoms with E-state index in [0.29, 0.717) is 35.2 Å². The summed E-state index contributed by atoms with van der Waals surface area (Å²) in [4.78, 5) is 24.9. The Balaban J connectivity index is 1.47. The van der Waals surface area contributed by atoms with Crippen molar-refractivity contribution in [3.8, 4) is 5.75 Å². The fourth-order valence-electron chi connectivity index (χ4n) is 4.17. The largest absolute Gasteiger partial charge is 0.497 e. The van der Waals surface area contributed by atoms with Crippen LogP contribution in [0.4, 0.5) is 11.5 Å². The average Bonchev–Trinajstić information content (AvgIpc) is 3.20. The molecule has 3 aromatic carbocycles. The van der Waals surface area contributed by atoms with E-state index in [1.807, 2.05) is 91.8 Å². The molecule has 192 valence electrons. The Bertz CT molecular complexity index is 1620. The van der Waals surface area contributed by atoms with Gasteiger partial charge in [0, 0.05) is 26.3 Å². The number of nitrogens with one attached hydrogen (secondary N) is 1. The first kappa shape index (κ1) is 24.8. The molecule has 0 aliphatic heterocycles. The summed E-state index contributed by atoms with van der Waals surface area (Å²) in [6.45, 7) is 0.430. The van der Waals surface area contributed by atoms with Gasteiger partial charge in [-0.15, -0.1) is 0 Å². The number of hydrogen-bond donors (Lipinski definition) is 2. The van der Waals surface area contributed by atoms with Crippen LogP contribution in [0.25, 0.3) is 22.2 Å². The monoisotopic (exact) mass is 507 g/mol. The van der Waals surface area contributed by atoms with Gasteiger partial charge in [0.2, 0.25) is 0 Å². The molecule has 5 aromatic rings. The lowest BCUT2D eigenvalue weighted by Crippen LogP contribution is -2.26. The van der Waals surface area contributed by atoms with Crippen molar-refractivity contribution in [2.75, 3.05) is 38.4 Å². The number of methoxy groups -OCH3 is 1. The van der Waals surface area contributed by atoms with Crippen molar-refractivity contribution in [1.29, 1.82) is 0 Å². The SMILES string of the molecule is COc1ccc(CCNC(=O)c2c(N)n(/N=C\c3ccc(N(C)C)cc3)c3nc4ccccc4nc23)cc1. The molecule has 9 heteroatoms. The lowest BCUT2D eigenvalue weighted by molar-refractivity contribution is 0.0956. The van der Waals surface area contributed by atoms with Gasteiger partial charge in [0.25, 0.3) is 5.91 Å². The minimum Gasteiger partial charge on any atom is -0.497 e. The summed E-state index contributed by atoms with van der Waals surface area (Å²) in [5.74, 6) is 0.645. The van der Waals surface area contributed by atoms with Crippen LogP contribution in [-0.4, -0.2) is 54.5 Å². The number of para-hydroxylation sites is 2. The van der Waals surface area contributed by atoms with Crippen molar-refractivity contribution in [3.63, 3.8) is 0 Å². The van der Waals surface area contributed by atoms with Crippen LogP contribution in [0.1, 0.15) is 21.5 Å². The van der Waals surface area contributed by atoms with Crippen LogP contribution in [0.2, 0.25) is 0 Å². The van der Waals surface area contributed by atoms with Gasteiger partial charge >= 0.3 is 0 Å². The molecule has 0 unspecified atom stereocenters. The third kappa shape index (κ3) is 4.99. The molecule has 0 radical (unpaired) electrons. The fraction of sp³-hybridized carbons (Fsp3) is 0.172. The molecule has 0 bridgehead atoms. The van der Waals surface area contributed by atoms with Crippen LogP contribution < -0.4 is 20.7 Å². The zero-order valence-corrected chi connectivity index (χ0v) is 21.5. The summed E-state index contributed by atoms with van der Waals surface area (Å²) in [6, 6.07) is 23.2. The maximum absolute atomic E-state index is 13.3. The van der Waals surface area contributed by atoms with Crippen LogP contribution in [0.5, 0.6) is 5.75 Å². The Kier molecular flexibility index (Phi) is 6.90. The molecule has 0 saturated heterocycles. The van der Waals surface area contributed by atoms with Gasteiger partial charge in [-0.05, 0) is 53.9 Å². The lowest BCUT2D eigenvalue weighted by Gasteiger charge is -2.11. The molecule has 0 aliphatic carbocycles. The molecule has 2 aromatic heterocycles. The normalized spacial score (nSPS) is 11.3. The van der Waals surface area contributed by atoms with E-state index in [-0.39, 0.29) is 17.3 Å². The van der Waals surface area contributed by atoms with Crippen molar-refractivity contribution in [2.45, 2.75) is 6.42 Å². The van der Waals surface area contributed by atoms with Crippen LogP contribution in [-0.2, 0) is 6.42 Å². The third-order valence-corrected chi connectivity index (χ3v) is 6.29. The number of nitrogens with two attached hydrogens (primary N) is 1. The first-order chi connectivity index (χ1) is 18.4. The highest BCUT2D eigenvalue weighted by Crippen LogP contribution is 2.28. The van der Waals surface area contributed by atoms with Crippen LogP contribution in [0.3, 0.4) is 0 Å². The number of amides is 1. The van der Waals surface area contributed by atoms with Crippen molar-refractivity contribution in [1.82, 2.24) is 20.0 Å². The number of aromatic nitrogens is 3. The van der Waals surface area contributed by atoms with E-state index in [0.717, 1.165) is 22.6 Å². The molecule has 1 amide bonds. The minimum atomic E-state index is -0.324. The number of hydrogen-bond acceptors (Lipinski definition) is 7. The maximum atomic E-state index is 13.3. The first-order valence-electron chi connectivity index (χ1n) is 12.2. The van der Waals surface area contributed by atoms with Gasteiger partial charge in [-0.3, -0.25) is 4.79 Å². The molecule has 5 rings (SSSR count). The summed E-state index contributed by atoms with van der Waals surface area (Å²) in [7, 11) is 5.61. The number of carbonyl (C=O) groups excluding carboxylic acids is 1. The first-order valence-corrected chi connectivity index (χ1v) is 12.2. The van der Waals surface area contributed by atoms with E-state index >= 15 is 0 Å². The summed E-state index contributed by atoms with van der Waals surface area (Å²) < 4.78 is 6.69. The molecule has 0 atom stereocenters. The number of nitrogen functional groups attached to an aromatic ring is 1. The van der Waals surface area contributed by atoms with Crippen molar-refractivity contribution < 1.29 is 9.53 Å². The Labute approximate surface area is 220 Å². The van der Waals surface area contributed by atoms with Crippen LogP contribution in [0.15, 0.2) is 77.9 Å². The highest BCUT2D eigenvalue weighted by atomic mass is 16.5. The van der Waals surface area contributed by atoms with Crippen molar-refractivity contribution in [3.05, 3.63) is 89.5 Å². The molecule has 0 saturated carbocycles.